The van der Waals surface area contributed by atoms with Crippen molar-refractivity contribution in [2.75, 3.05) is 22.7 Å². The zero-order valence-corrected chi connectivity index (χ0v) is 32.9. The lowest BCUT2D eigenvalue weighted by Gasteiger charge is -2.36. The number of amidine groups is 1. The van der Waals surface area contributed by atoms with Gasteiger partial charge in [0.15, 0.2) is 5.82 Å². The molecule has 6 nitrogen and oxygen atoms in total. The fourth-order valence-corrected chi connectivity index (χ4v) is 8.67. The molecule has 2 aliphatic rings. The van der Waals surface area contributed by atoms with Crippen molar-refractivity contribution in [1.29, 1.82) is 5.41 Å². The van der Waals surface area contributed by atoms with Gasteiger partial charge in [-0.3, -0.25) is 10.5 Å². The van der Waals surface area contributed by atoms with Gasteiger partial charge in [-0.2, -0.15) is 5.10 Å². The number of benzene rings is 3. The number of rotatable bonds is 6. The Hall–Kier alpha value is -2.21. The van der Waals surface area contributed by atoms with Crippen molar-refractivity contribution >= 4 is 81.8 Å². The first-order chi connectivity index (χ1) is 22.7. The number of hydrogen-bond acceptors (Lipinski definition) is 5. The van der Waals surface area contributed by atoms with E-state index in [-0.39, 0.29) is 23.4 Å². The SMILES string of the molecule is CC(C)(C)C1CC(Cc2ccccc2)CN1c1n[nH]c2cccc(Cl)c12.CC(C)(C)C1CC(F)CN1C(=N)c1c(Cl)cccc1NSI. The summed E-state index contributed by atoms with van der Waals surface area (Å²) in [5.74, 6) is 1.91. The van der Waals surface area contributed by atoms with Crippen LogP contribution < -0.4 is 9.62 Å². The third-order valence-corrected chi connectivity index (χ3v) is 11.1. The molecule has 3 aromatic carbocycles. The van der Waals surface area contributed by atoms with Crippen LogP contribution in [-0.4, -0.2) is 52.3 Å². The van der Waals surface area contributed by atoms with Gasteiger partial charge in [-0.15, -0.1) is 0 Å². The van der Waals surface area contributed by atoms with Crippen LogP contribution in [0.2, 0.25) is 10.0 Å². The number of nitrogens with one attached hydrogen (secondary N) is 3. The van der Waals surface area contributed by atoms with E-state index >= 15 is 0 Å². The zero-order valence-electron chi connectivity index (χ0n) is 28.5. The highest BCUT2D eigenvalue weighted by molar-refractivity contribution is 14.2. The summed E-state index contributed by atoms with van der Waals surface area (Å²) in [7, 11) is 1.42. The van der Waals surface area contributed by atoms with Gasteiger partial charge in [0.05, 0.1) is 38.7 Å². The van der Waals surface area contributed by atoms with Crippen molar-refractivity contribution in [3.8, 4) is 0 Å². The Bertz CT molecular complexity index is 1710. The molecule has 0 bridgehead atoms. The zero-order chi connectivity index (χ0) is 34.8. The second-order valence-corrected chi connectivity index (χ2v) is 17.6. The highest BCUT2D eigenvalue weighted by Crippen LogP contribution is 2.43. The van der Waals surface area contributed by atoms with E-state index in [9.17, 15) is 4.39 Å². The second kappa shape index (κ2) is 15.4. The number of aromatic nitrogens is 2. The number of alkyl halides is 1. The topological polar surface area (TPSA) is 71.0 Å². The van der Waals surface area contributed by atoms with Gasteiger partial charge in [-0.05, 0) is 59.4 Å². The molecule has 1 aromatic heterocycles. The molecule has 258 valence electrons. The van der Waals surface area contributed by atoms with Crippen molar-refractivity contribution in [1.82, 2.24) is 15.1 Å². The number of likely N-dealkylation sites (tertiary alicyclic amines) is 1. The molecule has 0 radical (unpaired) electrons. The first-order valence-corrected chi connectivity index (χ1v) is 20.6. The minimum atomic E-state index is -0.901. The van der Waals surface area contributed by atoms with Crippen LogP contribution in [0.4, 0.5) is 15.9 Å². The molecule has 0 spiro atoms. The van der Waals surface area contributed by atoms with Gasteiger partial charge in [0.25, 0.3) is 0 Å². The van der Waals surface area contributed by atoms with Crippen LogP contribution in [0.1, 0.15) is 65.5 Å². The molecule has 4 unspecified atom stereocenters. The molecular weight excluding hydrogens is 777 g/mol. The first-order valence-electron chi connectivity index (χ1n) is 16.4. The molecule has 0 aliphatic carbocycles. The predicted octanol–water partition coefficient (Wildman–Crippen LogP) is 11.2. The average Bonchev–Trinajstić information content (AvgIpc) is 3.75. The van der Waals surface area contributed by atoms with E-state index in [2.05, 4.69) is 113 Å². The number of aromatic amines is 1. The maximum atomic E-state index is 14.0. The van der Waals surface area contributed by atoms with Crippen LogP contribution in [0.25, 0.3) is 10.9 Å². The third-order valence-electron chi connectivity index (χ3n) is 9.48. The lowest BCUT2D eigenvalue weighted by Crippen LogP contribution is -2.43. The lowest BCUT2D eigenvalue weighted by molar-refractivity contribution is 0.207. The Balaban J connectivity index is 0.000000191. The minimum absolute atomic E-state index is 0.00798. The molecule has 6 rings (SSSR count). The summed E-state index contributed by atoms with van der Waals surface area (Å²) < 4.78 is 17.1. The smallest absolute Gasteiger partial charge is 0.160 e. The van der Waals surface area contributed by atoms with E-state index in [0.717, 1.165) is 40.4 Å². The predicted molar refractivity (Wildman–Crippen MR) is 213 cm³/mol. The fourth-order valence-electron chi connectivity index (χ4n) is 7.18. The van der Waals surface area contributed by atoms with Crippen LogP contribution in [0.5, 0.6) is 0 Å². The summed E-state index contributed by atoms with van der Waals surface area (Å²) in [5.41, 5.74) is 3.92. The summed E-state index contributed by atoms with van der Waals surface area (Å²) in [5, 5.41) is 18.8. The van der Waals surface area contributed by atoms with Gasteiger partial charge in [-0.1, -0.05) is 107 Å². The lowest BCUT2D eigenvalue weighted by atomic mass is 9.83. The van der Waals surface area contributed by atoms with Crippen molar-refractivity contribution in [2.45, 2.75) is 79.1 Å². The number of H-pyrrole nitrogens is 1. The highest BCUT2D eigenvalue weighted by atomic mass is 127. The highest BCUT2D eigenvalue weighted by Gasteiger charge is 2.42. The molecule has 4 aromatic rings. The van der Waals surface area contributed by atoms with E-state index in [1.807, 2.05) is 35.2 Å². The monoisotopic (exact) mass is 822 g/mol. The molecule has 0 amide bonds. The molecule has 11 heteroatoms. The van der Waals surface area contributed by atoms with Gasteiger partial charge in [0.1, 0.15) is 12.0 Å². The number of halogens is 4. The van der Waals surface area contributed by atoms with Gasteiger partial charge >= 0.3 is 0 Å². The summed E-state index contributed by atoms with van der Waals surface area (Å²) in [4.78, 5) is 4.34. The summed E-state index contributed by atoms with van der Waals surface area (Å²) in [6.45, 7) is 14.5. The van der Waals surface area contributed by atoms with Crippen LogP contribution in [-0.2, 0) is 6.42 Å². The molecule has 0 saturated carbocycles. The number of hydrogen-bond donors (Lipinski definition) is 3. The van der Waals surface area contributed by atoms with Gasteiger partial charge in [0.2, 0.25) is 0 Å². The van der Waals surface area contributed by atoms with Gasteiger partial charge in [-0.25, -0.2) is 4.39 Å². The Labute approximate surface area is 311 Å². The van der Waals surface area contributed by atoms with Crippen molar-refractivity contribution in [3.63, 3.8) is 0 Å². The summed E-state index contributed by atoms with van der Waals surface area (Å²) >= 11 is 15.0. The molecule has 4 atom stereocenters. The van der Waals surface area contributed by atoms with Crippen LogP contribution in [0, 0.1) is 22.2 Å². The van der Waals surface area contributed by atoms with Gasteiger partial charge < -0.3 is 14.5 Å². The molecule has 48 heavy (non-hydrogen) atoms. The maximum Gasteiger partial charge on any atom is 0.160 e. The van der Waals surface area contributed by atoms with E-state index in [4.69, 9.17) is 28.6 Å². The second-order valence-electron chi connectivity index (χ2n) is 15.1. The quantitative estimate of drug-likeness (QED) is 0.0782. The number of fused-ring (bicyclic) bond motifs is 1. The Morgan fingerprint density at radius 2 is 1.60 bits per heavy atom. The Kier molecular flexibility index (Phi) is 11.9. The molecule has 2 saturated heterocycles. The third kappa shape index (κ3) is 8.38. The molecule has 2 fully saturated rings. The normalized spacial score (nSPS) is 21.4. The summed E-state index contributed by atoms with van der Waals surface area (Å²) in [6.07, 6.45) is 1.85. The summed E-state index contributed by atoms with van der Waals surface area (Å²) in [6, 6.07) is 22.7. The fraction of sp³-hybridized carbons (Fsp3) is 0.459. The average molecular weight is 824 g/mol. The molecule has 3 N–H and O–H groups in total. The van der Waals surface area contributed by atoms with Crippen molar-refractivity contribution < 1.29 is 4.39 Å². The molecule has 2 aliphatic heterocycles. The molecule has 3 heterocycles. The van der Waals surface area contributed by atoms with Gasteiger partial charge in [0, 0.05) is 55.4 Å². The Morgan fingerprint density at radius 3 is 2.27 bits per heavy atom. The van der Waals surface area contributed by atoms with E-state index < -0.39 is 6.17 Å². The molecular formula is C37H46Cl2FIN6S. The van der Waals surface area contributed by atoms with Crippen molar-refractivity contribution in [2.24, 2.45) is 16.7 Å². The minimum Gasteiger partial charge on any atom is -0.351 e. The number of nitrogens with zero attached hydrogens (tertiary/aromatic N) is 3. The largest absolute Gasteiger partial charge is 0.351 e. The van der Waals surface area contributed by atoms with Crippen molar-refractivity contribution in [3.05, 3.63) is 87.9 Å². The van der Waals surface area contributed by atoms with E-state index in [1.165, 1.54) is 21.1 Å². The standard InChI is InChI=1S/C22H26ClN3.C15H20ClFIN3S/c1-22(2,3)19-13-16(12-15-8-5-4-6-9-15)14-26(19)21-20-17(23)10-7-11-18(20)24-25-21;1-15(2,3)12-7-9(17)8-21(12)14(19)13-10(16)5-4-6-11(13)20-22-18/h4-11,16,19H,12-14H2,1-3H3,(H,24,25);4-6,9,12,19-20H,7-8H2,1-3H3. The van der Waals surface area contributed by atoms with E-state index in [0.29, 0.717) is 34.8 Å². The van der Waals surface area contributed by atoms with Crippen LogP contribution in [0.3, 0.4) is 0 Å². The number of anilines is 2. The first kappa shape index (κ1) is 37.1. The maximum absolute atomic E-state index is 14.0. The Morgan fingerprint density at radius 1 is 0.938 bits per heavy atom. The van der Waals surface area contributed by atoms with Crippen LogP contribution >= 0.6 is 53.5 Å². The van der Waals surface area contributed by atoms with Crippen LogP contribution in [0.15, 0.2) is 66.7 Å². The van der Waals surface area contributed by atoms with E-state index in [1.54, 1.807) is 6.07 Å².